The molecule has 1 fully saturated rings. The second-order valence-electron chi connectivity index (χ2n) is 7.18. The fourth-order valence-corrected chi connectivity index (χ4v) is 4.78. The van der Waals surface area contributed by atoms with Crippen LogP contribution in [0.2, 0.25) is 0 Å². The minimum atomic E-state index is -3.48. The van der Waals surface area contributed by atoms with Gasteiger partial charge in [0.2, 0.25) is 21.7 Å². The van der Waals surface area contributed by atoms with Gasteiger partial charge >= 0.3 is 0 Å². The molecule has 1 aromatic carbocycles. The Hall–Kier alpha value is -2.62. The van der Waals surface area contributed by atoms with Gasteiger partial charge in [0.25, 0.3) is 0 Å². The number of sulfonamides is 1. The maximum atomic E-state index is 12.9. The zero-order chi connectivity index (χ0) is 20.4. The van der Waals surface area contributed by atoms with Crippen molar-refractivity contribution in [2.75, 3.05) is 26.2 Å². The van der Waals surface area contributed by atoms with Crippen molar-refractivity contribution in [3.05, 3.63) is 59.7 Å². The Bertz CT molecular complexity index is 1090. The topological polar surface area (TPSA) is 92.4 Å². The van der Waals surface area contributed by atoms with Crippen LogP contribution in [0.5, 0.6) is 0 Å². The van der Waals surface area contributed by atoms with Crippen LogP contribution in [0.1, 0.15) is 17.0 Å². The van der Waals surface area contributed by atoms with Crippen LogP contribution in [0.4, 0.5) is 0 Å². The summed E-state index contributed by atoms with van der Waals surface area (Å²) in [7, 11) is -3.48. The van der Waals surface area contributed by atoms with E-state index in [9.17, 15) is 8.42 Å². The van der Waals surface area contributed by atoms with Crippen LogP contribution in [0.25, 0.3) is 11.4 Å². The SMILES string of the molecule is Cc1ccc(S(=O)(=O)N2CCN(Cc3nc(-c4cccnc4)no3)CC2)cc1C. The summed E-state index contributed by atoms with van der Waals surface area (Å²) in [6, 6.07) is 8.98. The van der Waals surface area contributed by atoms with Gasteiger partial charge in [0.15, 0.2) is 0 Å². The second kappa shape index (κ2) is 8.02. The third kappa shape index (κ3) is 4.21. The van der Waals surface area contributed by atoms with Gasteiger partial charge in [0.1, 0.15) is 0 Å². The Morgan fingerprint density at radius 3 is 2.55 bits per heavy atom. The number of benzene rings is 1. The monoisotopic (exact) mass is 413 g/mol. The Morgan fingerprint density at radius 2 is 1.86 bits per heavy atom. The van der Waals surface area contributed by atoms with Gasteiger partial charge in [0.05, 0.1) is 11.4 Å². The quantitative estimate of drug-likeness (QED) is 0.633. The number of rotatable bonds is 5. The van der Waals surface area contributed by atoms with Crippen molar-refractivity contribution in [3.8, 4) is 11.4 Å². The molecule has 0 aliphatic carbocycles. The molecule has 1 saturated heterocycles. The molecule has 0 saturated carbocycles. The molecule has 0 bridgehead atoms. The van der Waals surface area contributed by atoms with Gasteiger partial charge in [-0.15, -0.1) is 0 Å². The van der Waals surface area contributed by atoms with Crippen LogP contribution in [-0.2, 0) is 16.6 Å². The van der Waals surface area contributed by atoms with Crippen molar-refractivity contribution in [3.63, 3.8) is 0 Å². The Morgan fingerprint density at radius 1 is 1.07 bits per heavy atom. The number of pyridine rings is 1. The van der Waals surface area contributed by atoms with E-state index in [1.54, 1.807) is 28.8 Å². The lowest BCUT2D eigenvalue weighted by atomic mass is 10.1. The molecule has 0 atom stereocenters. The molecule has 4 rings (SSSR count). The van der Waals surface area contributed by atoms with Crippen LogP contribution in [0.15, 0.2) is 52.1 Å². The molecule has 1 aliphatic heterocycles. The average Bonchev–Trinajstić information content (AvgIpc) is 3.19. The summed E-state index contributed by atoms with van der Waals surface area (Å²) >= 11 is 0. The van der Waals surface area contributed by atoms with Crippen molar-refractivity contribution in [2.24, 2.45) is 0 Å². The minimum absolute atomic E-state index is 0.354. The highest BCUT2D eigenvalue weighted by molar-refractivity contribution is 7.89. The van der Waals surface area contributed by atoms with E-state index in [1.807, 2.05) is 32.0 Å². The zero-order valence-electron chi connectivity index (χ0n) is 16.4. The highest BCUT2D eigenvalue weighted by atomic mass is 32.2. The summed E-state index contributed by atoms with van der Waals surface area (Å²) in [4.78, 5) is 10.9. The number of hydrogen-bond acceptors (Lipinski definition) is 7. The molecule has 2 aromatic heterocycles. The van der Waals surface area contributed by atoms with E-state index >= 15 is 0 Å². The first-order valence-electron chi connectivity index (χ1n) is 9.46. The lowest BCUT2D eigenvalue weighted by Gasteiger charge is -2.33. The Kier molecular flexibility index (Phi) is 5.44. The molecule has 9 heteroatoms. The fraction of sp³-hybridized carbons (Fsp3) is 0.350. The van der Waals surface area contributed by atoms with Crippen LogP contribution >= 0.6 is 0 Å². The van der Waals surface area contributed by atoms with E-state index in [4.69, 9.17) is 4.52 Å². The number of nitrogens with zero attached hydrogens (tertiary/aromatic N) is 5. The first kappa shape index (κ1) is 19.7. The molecule has 0 unspecified atom stereocenters. The molecule has 152 valence electrons. The standard InChI is InChI=1S/C20H23N5O3S/c1-15-5-6-18(12-16(15)2)29(26,27)25-10-8-24(9-11-25)14-19-22-20(23-28-19)17-4-3-7-21-13-17/h3-7,12-13H,8-11,14H2,1-2H3. The van der Waals surface area contributed by atoms with Gasteiger partial charge in [-0.05, 0) is 49.2 Å². The molecule has 1 aliphatic rings. The molecule has 0 amide bonds. The first-order valence-corrected chi connectivity index (χ1v) is 10.9. The average molecular weight is 414 g/mol. The smallest absolute Gasteiger partial charge is 0.243 e. The lowest BCUT2D eigenvalue weighted by molar-refractivity contribution is 0.163. The summed E-state index contributed by atoms with van der Waals surface area (Å²) in [5.74, 6) is 1.01. The van der Waals surface area contributed by atoms with Gasteiger partial charge < -0.3 is 4.52 Å². The maximum Gasteiger partial charge on any atom is 0.243 e. The largest absolute Gasteiger partial charge is 0.338 e. The number of piperazine rings is 1. The van der Waals surface area contributed by atoms with Crippen LogP contribution in [0, 0.1) is 13.8 Å². The van der Waals surface area contributed by atoms with E-state index in [-0.39, 0.29) is 0 Å². The molecule has 8 nitrogen and oxygen atoms in total. The lowest BCUT2D eigenvalue weighted by Crippen LogP contribution is -2.48. The third-order valence-corrected chi connectivity index (χ3v) is 7.09. The summed E-state index contributed by atoms with van der Waals surface area (Å²) < 4.78 is 32.8. The minimum Gasteiger partial charge on any atom is -0.338 e. The first-order chi connectivity index (χ1) is 13.9. The summed E-state index contributed by atoms with van der Waals surface area (Å²) in [6.07, 6.45) is 3.38. The number of hydrogen-bond donors (Lipinski definition) is 0. The summed E-state index contributed by atoms with van der Waals surface area (Å²) in [5.41, 5.74) is 2.86. The van der Waals surface area contributed by atoms with Crippen molar-refractivity contribution < 1.29 is 12.9 Å². The Labute approximate surface area is 170 Å². The summed E-state index contributed by atoms with van der Waals surface area (Å²) in [5, 5.41) is 4.00. The van der Waals surface area contributed by atoms with Gasteiger partial charge in [-0.25, -0.2) is 8.42 Å². The van der Waals surface area contributed by atoms with Gasteiger partial charge in [0, 0.05) is 44.1 Å². The molecular formula is C20H23N5O3S. The Balaban J connectivity index is 1.38. The van der Waals surface area contributed by atoms with Crippen molar-refractivity contribution >= 4 is 10.0 Å². The highest BCUT2D eigenvalue weighted by Gasteiger charge is 2.29. The van der Waals surface area contributed by atoms with Gasteiger partial charge in [-0.1, -0.05) is 11.2 Å². The van der Waals surface area contributed by atoms with Crippen molar-refractivity contribution in [1.29, 1.82) is 0 Å². The van der Waals surface area contributed by atoms with Crippen LogP contribution in [-0.4, -0.2) is 58.9 Å². The molecule has 0 radical (unpaired) electrons. The molecule has 0 N–H and O–H groups in total. The maximum absolute atomic E-state index is 12.9. The predicted octanol–water partition coefficient (Wildman–Crippen LogP) is 2.25. The van der Waals surface area contributed by atoms with Crippen molar-refractivity contribution in [1.82, 2.24) is 24.3 Å². The molecule has 3 heterocycles. The van der Waals surface area contributed by atoms with Gasteiger partial charge in [-0.3, -0.25) is 9.88 Å². The fourth-order valence-electron chi connectivity index (χ4n) is 3.27. The van der Waals surface area contributed by atoms with Crippen LogP contribution < -0.4 is 0 Å². The number of aromatic nitrogens is 3. The van der Waals surface area contributed by atoms with Gasteiger partial charge in [-0.2, -0.15) is 9.29 Å². The molecule has 0 spiro atoms. The molecule has 29 heavy (non-hydrogen) atoms. The second-order valence-corrected chi connectivity index (χ2v) is 9.12. The third-order valence-electron chi connectivity index (χ3n) is 5.19. The highest BCUT2D eigenvalue weighted by Crippen LogP contribution is 2.21. The van der Waals surface area contributed by atoms with E-state index in [0.29, 0.717) is 49.3 Å². The zero-order valence-corrected chi connectivity index (χ0v) is 17.3. The van der Waals surface area contributed by atoms with Crippen molar-refractivity contribution in [2.45, 2.75) is 25.3 Å². The number of aryl methyl sites for hydroxylation is 2. The molecule has 3 aromatic rings. The normalized spacial score (nSPS) is 16.2. The van der Waals surface area contributed by atoms with E-state index in [2.05, 4.69) is 20.0 Å². The summed E-state index contributed by atoms with van der Waals surface area (Å²) in [6.45, 7) is 6.46. The van der Waals surface area contributed by atoms with E-state index in [0.717, 1.165) is 16.7 Å². The van der Waals surface area contributed by atoms with Crippen LogP contribution in [0.3, 0.4) is 0 Å². The predicted molar refractivity (Wildman–Crippen MR) is 107 cm³/mol. The molecular weight excluding hydrogens is 390 g/mol. The van der Waals surface area contributed by atoms with E-state index < -0.39 is 10.0 Å². The van der Waals surface area contributed by atoms with E-state index in [1.165, 1.54) is 0 Å².